The molecule has 1 aliphatic rings. The maximum absolute atomic E-state index is 12.5. The Hall–Kier alpha value is -0.920. The van der Waals surface area contributed by atoms with E-state index in [9.17, 15) is 8.42 Å². The Bertz CT molecular complexity index is 549. The molecule has 0 spiro atoms. The lowest BCUT2D eigenvalue weighted by Crippen LogP contribution is -2.29. The van der Waals surface area contributed by atoms with Crippen molar-refractivity contribution < 1.29 is 8.42 Å². The van der Waals surface area contributed by atoms with Crippen LogP contribution in [-0.4, -0.2) is 42.6 Å². The minimum atomic E-state index is -3.50. The van der Waals surface area contributed by atoms with Gasteiger partial charge in [-0.1, -0.05) is 13.3 Å². The molecule has 0 atom stereocenters. The maximum Gasteiger partial charge on any atom is 0.262 e. The van der Waals surface area contributed by atoms with Crippen LogP contribution >= 0.6 is 0 Å². The first-order chi connectivity index (χ1) is 9.46. The van der Waals surface area contributed by atoms with Crippen LogP contribution in [0.4, 0.5) is 0 Å². The van der Waals surface area contributed by atoms with Crippen molar-refractivity contribution in [2.75, 3.05) is 13.6 Å². The molecule has 0 aliphatic heterocycles. The van der Waals surface area contributed by atoms with E-state index in [1.165, 1.54) is 17.1 Å². The molecule has 1 aromatic rings. The van der Waals surface area contributed by atoms with Crippen molar-refractivity contribution in [2.45, 2.75) is 57.1 Å². The van der Waals surface area contributed by atoms with Crippen molar-refractivity contribution in [3.63, 3.8) is 0 Å². The van der Waals surface area contributed by atoms with Crippen molar-refractivity contribution >= 4 is 10.0 Å². The van der Waals surface area contributed by atoms with Gasteiger partial charge in [-0.05, 0) is 26.2 Å². The Morgan fingerprint density at radius 1 is 1.45 bits per heavy atom. The van der Waals surface area contributed by atoms with Crippen molar-refractivity contribution in [2.24, 2.45) is 0 Å². The molecule has 20 heavy (non-hydrogen) atoms. The second-order valence-electron chi connectivity index (χ2n) is 5.47. The zero-order chi connectivity index (χ0) is 14.8. The van der Waals surface area contributed by atoms with Crippen LogP contribution in [0.5, 0.6) is 0 Å². The van der Waals surface area contributed by atoms with Crippen LogP contribution in [0.2, 0.25) is 0 Å². The number of unbranched alkanes of at least 4 members (excludes halogenated alkanes) is 1. The number of aromatic amines is 1. The molecular weight excluding hydrogens is 276 g/mol. The van der Waals surface area contributed by atoms with E-state index >= 15 is 0 Å². The molecule has 0 unspecified atom stereocenters. The van der Waals surface area contributed by atoms with Crippen LogP contribution in [0, 0.1) is 6.92 Å². The van der Waals surface area contributed by atoms with Crippen LogP contribution in [0.25, 0.3) is 0 Å². The van der Waals surface area contributed by atoms with Crippen molar-refractivity contribution in [1.29, 1.82) is 0 Å². The lowest BCUT2D eigenvalue weighted by Gasteiger charge is -2.16. The van der Waals surface area contributed by atoms with Gasteiger partial charge in [-0.15, -0.1) is 0 Å². The second kappa shape index (κ2) is 6.24. The Morgan fingerprint density at radius 3 is 2.75 bits per heavy atom. The second-order valence-corrected chi connectivity index (χ2v) is 7.43. The first kappa shape index (κ1) is 15.5. The zero-order valence-electron chi connectivity index (χ0n) is 12.4. The summed E-state index contributed by atoms with van der Waals surface area (Å²) in [5, 5.41) is 10.3. The van der Waals surface area contributed by atoms with Gasteiger partial charge in [0.25, 0.3) is 10.0 Å². The minimum Gasteiger partial charge on any atom is -0.310 e. The molecule has 114 valence electrons. The van der Waals surface area contributed by atoms with Crippen LogP contribution in [-0.2, 0) is 16.6 Å². The fourth-order valence-corrected chi connectivity index (χ4v) is 3.40. The molecule has 2 rings (SSSR count). The van der Waals surface area contributed by atoms with E-state index in [1.54, 1.807) is 7.05 Å². The number of hydrogen-bond acceptors (Lipinski definition) is 4. The first-order valence-corrected chi connectivity index (χ1v) is 8.64. The van der Waals surface area contributed by atoms with E-state index in [0.29, 0.717) is 19.1 Å². The topological polar surface area (TPSA) is 78.1 Å². The molecule has 6 nitrogen and oxygen atoms in total. The van der Waals surface area contributed by atoms with E-state index < -0.39 is 10.0 Å². The van der Waals surface area contributed by atoms with Gasteiger partial charge in [0.05, 0.1) is 0 Å². The molecule has 0 amide bonds. The maximum atomic E-state index is 12.5. The number of sulfonamides is 1. The van der Waals surface area contributed by atoms with Crippen LogP contribution in [0.15, 0.2) is 5.03 Å². The van der Waals surface area contributed by atoms with E-state index in [4.69, 9.17) is 0 Å². The molecule has 0 aromatic carbocycles. The highest BCUT2D eigenvalue weighted by molar-refractivity contribution is 7.89. The van der Waals surface area contributed by atoms with E-state index in [2.05, 4.69) is 15.5 Å². The summed E-state index contributed by atoms with van der Waals surface area (Å²) in [6.45, 7) is 5.00. The van der Waals surface area contributed by atoms with Crippen LogP contribution in [0.1, 0.15) is 43.9 Å². The fourth-order valence-electron chi connectivity index (χ4n) is 2.03. The average Bonchev–Trinajstić information content (AvgIpc) is 3.16. The lowest BCUT2D eigenvalue weighted by molar-refractivity contribution is 0.455. The summed E-state index contributed by atoms with van der Waals surface area (Å²) in [5.74, 6) is 0. The highest BCUT2D eigenvalue weighted by atomic mass is 32.2. The fraction of sp³-hybridized carbons (Fsp3) is 0.769. The average molecular weight is 300 g/mol. The van der Waals surface area contributed by atoms with Crippen LogP contribution < -0.4 is 5.32 Å². The highest BCUT2D eigenvalue weighted by Gasteiger charge is 2.29. The molecule has 0 bridgehead atoms. The summed E-state index contributed by atoms with van der Waals surface area (Å²) in [6, 6.07) is 0.540. The van der Waals surface area contributed by atoms with Gasteiger partial charge in [0.1, 0.15) is 0 Å². The third kappa shape index (κ3) is 3.39. The monoisotopic (exact) mass is 300 g/mol. The number of nitrogens with zero attached hydrogens (tertiary/aromatic N) is 2. The minimum absolute atomic E-state index is 0.168. The predicted octanol–water partition coefficient (Wildman–Crippen LogP) is 1.39. The predicted molar refractivity (Wildman–Crippen MR) is 77.9 cm³/mol. The van der Waals surface area contributed by atoms with Crippen molar-refractivity contribution in [1.82, 2.24) is 19.8 Å². The number of H-pyrrole nitrogens is 1. The largest absolute Gasteiger partial charge is 0.310 e. The molecule has 1 heterocycles. The Balaban J connectivity index is 2.17. The highest BCUT2D eigenvalue weighted by Crippen LogP contribution is 2.23. The van der Waals surface area contributed by atoms with Crippen LogP contribution in [0.3, 0.4) is 0 Å². The van der Waals surface area contributed by atoms with Gasteiger partial charge in [-0.3, -0.25) is 5.10 Å². The molecule has 2 N–H and O–H groups in total. The SMILES string of the molecule is CCCCN(C)S(=O)(=O)c1n[nH]c(C)c1CNC1CC1. The number of hydrogen-bond donors (Lipinski definition) is 2. The molecule has 7 heteroatoms. The summed E-state index contributed by atoms with van der Waals surface area (Å²) >= 11 is 0. The molecule has 1 fully saturated rings. The van der Waals surface area contributed by atoms with Gasteiger partial charge in [-0.25, -0.2) is 8.42 Å². The number of aryl methyl sites for hydroxylation is 1. The van der Waals surface area contributed by atoms with Gasteiger partial charge >= 0.3 is 0 Å². The van der Waals surface area contributed by atoms with E-state index in [-0.39, 0.29) is 5.03 Å². The van der Waals surface area contributed by atoms with Gasteiger partial charge in [0, 0.05) is 37.4 Å². The summed E-state index contributed by atoms with van der Waals surface area (Å²) in [5.41, 5.74) is 1.58. The number of nitrogens with one attached hydrogen (secondary N) is 2. The molecule has 1 aliphatic carbocycles. The van der Waals surface area contributed by atoms with Crippen molar-refractivity contribution in [3.8, 4) is 0 Å². The molecule has 1 aromatic heterocycles. The molecule has 1 saturated carbocycles. The number of aromatic nitrogens is 2. The quantitative estimate of drug-likeness (QED) is 0.760. The third-order valence-corrected chi connectivity index (χ3v) is 5.49. The Morgan fingerprint density at radius 2 is 2.15 bits per heavy atom. The lowest BCUT2D eigenvalue weighted by atomic mass is 10.2. The normalized spacial score (nSPS) is 16.0. The van der Waals surface area contributed by atoms with Gasteiger partial charge in [0.2, 0.25) is 0 Å². The van der Waals surface area contributed by atoms with Crippen molar-refractivity contribution in [3.05, 3.63) is 11.3 Å². The van der Waals surface area contributed by atoms with E-state index in [1.807, 2.05) is 13.8 Å². The summed E-state index contributed by atoms with van der Waals surface area (Å²) < 4.78 is 26.5. The van der Waals surface area contributed by atoms with E-state index in [0.717, 1.165) is 24.1 Å². The van der Waals surface area contributed by atoms with Gasteiger partial charge in [0.15, 0.2) is 5.03 Å². The summed E-state index contributed by atoms with van der Waals surface area (Å²) in [4.78, 5) is 0. The summed E-state index contributed by atoms with van der Waals surface area (Å²) in [6.07, 6.45) is 4.18. The Labute approximate surface area is 121 Å². The zero-order valence-corrected chi connectivity index (χ0v) is 13.3. The number of rotatable bonds is 8. The first-order valence-electron chi connectivity index (χ1n) is 7.20. The Kier molecular flexibility index (Phi) is 4.82. The van der Waals surface area contributed by atoms with Gasteiger partial charge in [-0.2, -0.15) is 9.40 Å². The van der Waals surface area contributed by atoms with Gasteiger partial charge < -0.3 is 5.32 Å². The standard InChI is InChI=1S/C13H24N4O2S/c1-4-5-8-17(3)20(18,19)13-12(10(2)15-16-13)9-14-11-6-7-11/h11,14H,4-9H2,1-3H3,(H,15,16). The molecule has 0 radical (unpaired) electrons. The molecule has 0 saturated heterocycles. The summed E-state index contributed by atoms with van der Waals surface area (Å²) in [7, 11) is -1.88. The smallest absolute Gasteiger partial charge is 0.262 e. The molecular formula is C13H24N4O2S. The third-order valence-electron chi connectivity index (χ3n) is 3.66.